The summed E-state index contributed by atoms with van der Waals surface area (Å²) >= 11 is 0. The van der Waals surface area contributed by atoms with Crippen molar-refractivity contribution in [3.63, 3.8) is 0 Å². The van der Waals surface area contributed by atoms with Gasteiger partial charge in [-0.15, -0.1) is 0 Å². The molecule has 0 unspecified atom stereocenters. The van der Waals surface area contributed by atoms with Gasteiger partial charge in [0.05, 0.1) is 23.9 Å². The lowest BCUT2D eigenvalue weighted by Crippen LogP contribution is -2.40. The minimum absolute atomic E-state index is 0.162. The predicted molar refractivity (Wildman–Crippen MR) is 100 cm³/mol. The molecule has 1 fully saturated rings. The van der Waals surface area contributed by atoms with E-state index in [-0.39, 0.29) is 17.7 Å². The number of amides is 3. The van der Waals surface area contributed by atoms with Crippen LogP contribution in [0.25, 0.3) is 0 Å². The van der Waals surface area contributed by atoms with E-state index in [1.54, 1.807) is 47.4 Å². The second-order valence-electron chi connectivity index (χ2n) is 6.56. The van der Waals surface area contributed by atoms with Crippen LogP contribution in [0.4, 0.5) is 11.4 Å². The molecule has 0 saturated carbocycles. The smallest absolute Gasteiger partial charge is 0.259 e. The first-order chi connectivity index (χ1) is 13.1. The molecule has 7 nitrogen and oxygen atoms in total. The molecule has 2 heterocycles. The summed E-state index contributed by atoms with van der Waals surface area (Å²) < 4.78 is 5.22. The molecule has 3 amide bonds. The Labute approximate surface area is 156 Å². The second-order valence-corrected chi connectivity index (χ2v) is 6.56. The number of hydrogen-bond acceptors (Lipinski definition) is 4. The maximum atomic E-state index is 12.9. The summed E-state index contributed by atoms with van der Waals surface area (Å²) in [4.78, 5) is 39.4. The highest BCUT2D eigenvalue weighted by Crippen LogP contribution is 2.30. The summed E-state index contributed by atoms with van der Waals surface area (Å²) in [6, 6.07) is 11.4. The fourth-order valence-electron chi connectivity index (χ4n) is 3.59. The molecule has 0 bridgehead atoms. The number of ether oxygens (including phenoxy) is 1. The third-order valence-electron chi connectivity index (χ3n) is 4.93. The molecular formula is C20H19N3O4. The maximum Gasteiger partial charge on any atom is 0.259 e. The minimum Gasteiger partial charge on any atom is -0.496 e. The zero-order chi connectivity index (χ0) is 19.0. The van der Waals surface area contributed by atoms with Gasteiger partial charge in [0.1, 0.15) is 11.8 Å². The monoisotopic (exact) mass is 365 g/mol. The van der Waals surface area contributed by atoms with Crippen molar-refractivity contribution in [1.82, 2.24) is 4.90 Å². The Morgan fingerprint density at radius 1 is 1.22 bits per heavy atom. The van der Waals surface area contributed by atoms with Crippen LogP contribution in [-0.4, -0.2) is 42.3 Å². The summed E-state index contributed by atoms with van der Waals surface area (Å²) in [7, 11) is 1.50. The van der Waals surface area contributed by atoms with E-state index in [9.17, 15) is 14.4 Å². The summed E-state index contributed by atoms with van der Waals surface area (Å²) in [6.07, 6.45) is 1.48. The molecule has 2 N–H and O–H groups in total. The van der Waals surface area contributed by atoms with Gasteiger partial charge in [0.2, 0.25) is 5.91 Å². The molecule has 0 aliphatic carbocycles. The van der Waals surface area contributed by atoms with E-state index in [0.29, 0.717) is 41.2 Å². The van der Waals surface area contributed by atoms with Crippen LogP contribution in [0.2, 0.25) is 0 Å². The van der Waals surface area contributed by atoms with Crippen molar-refractivity contribution in [2.24, 2.45) is 0 Å². The number of methoxy groups -OCH3 is 1. The van der Waals surface area contributed by atoms with Crippen molar-refractivity contribution in [2.75, 3.05) is 24.3 Å². The SMILES string of the molecule is COc1ccccc1C(=O)Nc1ccc2c(c1)C(=O)N1CCC[C@@H]1C(=O)N2. The van der Waals surface area contributed by atoms with E-state index < -0.39 is 6.04 Å². The third-order valence-corrected chi connectivity index (χ3v) is 4.93. The van der Waals surface area contributed by atoms with Crippen molar-refractivity contribution < 1.29 is 19.1 Å². The Morgan fingerprint density at radius 3 is 2.85 bits per heavy atom. The van der Waals surface area contributed by atoms with Gasteiger partial charge in [-0.2, -0.15) is 0 Å². The highest BCUT2D eigenvalue weighted by atomic mass is 16.5. The molecule has 2 aliphatic heterocycles. The van der Waals surface area contributed by atoms with Crippen LogP contribution in [0.5, 0.6) is 5.75 Å². The molecule has 0 aromatic heterocycles. The first kappa shape index (κ1) is 17.1. The van der Waals surface area contributed by atoms with Crippen LogP contribution >= 0.6 is 0 Å². The van der Waals surface area contributed by atoms with Gasteiger partial charge in [0, 0.05) is 12.2 Å². The normalized spacial score (nSPS) is 18.3. The van der Waals surface area contributed by atoms with Crippen LogP contribution in [-0.2, 0) is 4.79 Å². The summed E-state index contributed by atoms with van der Waals surface area (Å²) in [5, 5.41) is 5.61. The highest BCUT2D eigenvalue weighted by Gasteiger charge is 2.38. The Morgan fingerprint density at radius 2 is 2.04 bits per heavy atom. The number of anilines is 2. The van der Waals surface area contributed by atoms with Crippen molar-refractivity contribution in [3.8, 4) is 5.75 Å². The topological polar surface area (TPSA) is 87.7 Å². The highest BCUT2D eigenvalue weighted by molar-refractivity contribution is 6.12. The largest absolute Gasteiger partial charge is 0.496 e. The summed E-state index contributed by atoms with van der Waals surface area (Å²) in [5.41, 5.74) is 1.72. The molecule has 27 heavy (non-hydrogen) atoms. The van der Waals surface area contributed by atoms with Crippen LogP contribution in [0, 0.1) is 0 Å². The number of fused-ring (bicyclic) bond motifs is 2. The molecule has 2 aliphatic rings. The van der Waals surface area contributed by atoms with Gasteiger partial charge < -0.3 is 20.3 Å². The van der Waals surface area contributed by atoms with Crippen LogP contribution in [0.3, 0.4) is 0 Å². The average molecular weight is 365 g/mol. The zero-order valence-electron chi connectivity index (χ0n) is 14.8. The maximum absolute atomic E-state index is 12.9. The fraction of sp³-hybridized carbons (Fsp3) is 0.250. The van der Waals surface area contributed by atoms with E-state index >= 15 is 0 Å². The average Bonchev–Trinajstić information content (AvgIpc) is 3.15. The molecule has 2 aromatic rings. The van der Waals surface area contributed by atoms with E-state index in [0.717, 1.165) is 6.42 Å². The zero-order valence-corrected chi connectivity index (χ0v) is 14.8. The Hall–Kier alpha value is -3.35. The number of carbonyl (C=O) groups is 3. The lowest BCUT2D eigenvalue weighted by atomic mass is 10.1. The molecule has 2 aromatic carbocycles. The van der Waals surface area contributed by atoms with Gasteiger partial charge in [0.25, 0.3) is 11.8 Å². The van der Waals surface area contributed by atoms with Crippen LogP contribution < -0.4 is 15.4 Å². The second kappa shape index (κ2) is 6.75. The van der Waals surface area contributed by atoms with Gasteiger partial charge in [0.15, 0.2) is 0 Å². The number of carbonyl (C=O) groups excluding carboxylic acids is 3. The van der Waals surface area contributed by atoms with Crippen molar-refractivity contribution in [2.45, 2.75) is 18.9 Å². The quantitative estimate of drug-likeness (QED) is 0.875. The van der Waals surface area contributed by atoms with Crippen molar-refractivity contribution in [3.05, 3.63) is 53.6 Å². The molecule has 7 heteroatoms. The molecule has 0 radical (unpaired) electrons. The molecule has 0 spiro atoms. The molecule has 1 atom stereocenters. The van der Waals surface area contributed by atoms with E-state index in [1.165, 1.54) is 7.11 Å². The number of rotatable bonds is 3. The number of para-hydroxylation sites is 1. The van der Waals surface area contributed by atoms with E-state index in [1.807, 2.05) is 0 Å². The summed E-state index contributed by atoms with van der Waals surface area (Å²) in [6.45, 7) is 0.564. The number of hydrogen-bond donors (Lipinski definition) is 2. The van der Waals surface area contributed by atoms with Crippen molar-refractivity contribution in [1.29, 1.82) is 0 Å². The molecular weight excluding hydrogens is 346 g/mol. The molecule has 138 valence electrons. The van der Waals surface area contributed by atoms with Crippen LogP contribution in [0.1, 0.15) is 33.6 Å². The van der Waals surface area contributed by atoms with Gasteiger partial charge in [-0.05, 0) is 43.2 Å². The molecule has 1 saturated heterocycles. The summed E-state index contributed by atoms with van der Waals surface area (Å²) in [5.74, 6) is -0.228. The number of nitrogens with zero attached hydrogens (tertiary/aromatic N) is 1. The fourth-order valence-corrected chi connectivity index (χ4v) is 3.59. The van der Waals surface area contributed by atoms with Gasteiger partial charge in [-0.1, -0.05) is 12.1 Å². The Balaban J connectivity index is 1.63. The van der Waals surface area contributed by atoms with Crippen LogP contribution in [0.15, 0.2) is 42.5 Å². The van der Waals surface area contributed by atoms with Gasteiger partial charge in [-0.3, -0.25) is 14.4 Å². The molecule has 4 rings (SSSR count). The van der Waals surface area contributed by atoms with E-state index in [2.05, 4.69) is 10.6 Å². The first-order valence-electron chi connectivity index (χ1n) is 8.79. The minimum atomic E-state index is -0.420. The Kier molecular flexibility index (Phi) is 4.27. The van der Waals surface area contributed by atoms with Gasteiger partial charge >= 0.3 is 0 Å². The lowest BCUT2D eigenvalue weighted by molar-refractivity contribution is -0.119. The number of benzene rings is 2. The Bertz CT molecular complexity index is 941. The standard InChI is InChI=1S/C20H19N3O4/c1-27-17-7-3-2-5-13(17)18(24)21-12-8-9-15-14(11-12)20(26)23-10-4-6-16(23)19(25)22-15/h2-3,5,7-9,11,16H,4,6,10H2,1H3,(H,21,24)(H,22,25)/t16-/m1/s1. The third kappa shape index (κ3) is 3.01. The van der Waals surface area contributed by atoms with Crippen molar-refractivity contribution >= 4 is 29.1 Å². The lowest BCUT2D eigenvalue weighted by Gasteiger charge is -2.20. The first-order valence-corrected chi connectivity index (χ1v) is 8.79. The predicted octanol–water partition coefficient (Wildman–Crippen LogP) is 2.50. The van der Waals surface area contributed by atoms with Gasteiger partial charge in [-0.25, -0.2) is 0 Å². The van der Waals surface area contributed by atoms with E-state index in [4.69, 9.17) is 4.74 Å². The number of nitrogens with one attached hydrogen (secondary N) is 2.